The highest BCUT2D eigenvalue weighted by Gasteiger charge is 2.04. The van der Waals surface area contributed by atoms with Crippen LogP contribution in [0.1, 0.15) is 27.8 Å². The van der Waals surface area contributed by atoms with Crippen molar-refractivity contribution in [2.75, 3.05) is 0 Å². The summed E-state index contributed by atoms with van der Waals surface area (Å²) in [5.74, 6) is 0.354. The van der Waals surface area contributed by atoms with Gasteiger partial charge in [0.15, 0.2) is 0 Å². The topological polar surface area (TPSA) is 32.3 Å². The number of hydrogen-bond acceptors (Lipinski definition) is 2. The van der Waals surface area contributed by atoms with E-state index < -0.39 is 0 Å². The predicted octanol–water partition coefficient (Wildman–Crippen LogP) is 3.61. The molecule has 2 aromatic rings. The van der Waals surface area contributed by atoms with Crippen LogP contribution in [0.2, 0.25) is 0 Å². The molecule has 2 nitrogen and oxygen atoms in total. The van der Waals surface area contributed by atoms with Crippen molar-refractivity contribution in [1.82, 2.24) is 5.32 Å². The Labute approximate surface area is 115 Å². The van der Waals surface area contributed by atoms with Crippen LogP contribution < -0.4 is 5.32 Å². The van der Waals surface area contributed by atoms with Crippen LogP contribution in [0, 0.1) is 20.8 Å². The summed E-state index contributed by atoms with van der Waals surface area (Å²) in [6, 6.07) is 11.9. The van der Waals surface area contributed by atoms with E-state index in [0.717, 1.165) is 12.1 Å². The fraction of sp³-hybridized carbons (Fsp3) is 0.294. The van der Waals surface area contributed by atoms with Crippen molar-refractivity contribution in [3.8, 4) is 5.75 Å². The second kappa shape index (κ2) is 5.89. The number of aromatic hydroxyl groups is 1. The fourth-order valence-corrected chi connectivity index (χ4v) is 2.47. The van der Waals surface area contributed by atoms with Crippen molar-refractivity contribution in [2.45, 2.75) is 33.9 Å². The molecule has 0 aromatic heterocycles. The van der Waals surface area contributed by atoms with E-state index in [4.69, 9.17) is 0 Å². The van der Waals surface area contributed by atoms with Crippen molar-refractivity contribution in [3.63, 3.8) is 0 Å². The van der Waals surface area contributed by atoms with Gasteiger partial charge in [-0.1, -0.05) is 35.9 Å². The lowest BCUT2D eigenvalue weighted by Gasteiger charge is -2.13. The van der Waals surface area contributed by atoms with Gasteiger partial charge in [-0.05, 0) is 43.5 Å². The minimum Gasteiger partial charge on any atom is -0.508 e. The third kappa shape index (κ3) is 3.36. The molecule has 2 N–H and O–H groups in total. The zero-order chi connectivity index (χ0) is 13.8. The first kappa shape index (κ1) is 13.6. The molecule has 0 fully saturated rings. The molecular weight excluding hydrogens is 234 g/mol. The van der Waals surface area contributed by atoms with E-state index in [1.54, 1.807) is 6.07 Å². The SMILES string of the molecule is Cc1cc(C)c(CNCc2ccccc2O)c(C)c1. The van der Waals surface area contributed by atoms with Crippen LogP contribution in [-0.4, -0.2) is 5.11 Å². The van der Waals surface area contributed by atoms with Crippen LogP contribution in [0.4, 0.5) is 0 Å². The van der Waals surface area contributed by atoms with Crippen molar-refractivity contribution in [3.05, 3.63) is 64.2 Å². The summed E-state index contributed by atoms with van der Waals surface area (Å²) in [4.78, 5) is 0. The maximum absolute atomic E-state index is 9.71. The van der Waals surface area contributed by atoms with E-state index in [1.807, 2.05) is 18.2 Å². The van der Waals surface area contributed by atoms with Crippen LogP contribution in [0.3, 0.4) is 0 Å². The van der Waals surface area contributed by atoms with Crippen LogP contribution in [0.5, 0.6) is 5.75 Å². The largest absolute Gasteiger partial charge is 0.508 e. The number of benzene rings is 2. The van der Waals surface area contributed by atoms with Crippen LogP contribution in [0.25, 0.3) is 0 Å². The number of hydrogen-bond donors (Lipinski definition) is 2. The zero-order valence-electron chi connectivity index (χ0n) is 11.8. The molecule has 0 aliphatic rings. The molecule has 2 aromatic carbocycles. The quantitative estimate of drug-likeness (QED) is 0.874. The van der Waals surface area contributed by atoms with Gasteiger partial charge in [0.25, 0.3) is 0 Å². The Morgan fingerprint density at radius 3 is 2.21 bits per heavy atom. The average Bonchev–Trinajstić information content (AvgIpc) is 2.34. The zero-order valence-corrected chi connectivity index (χ0v) is 11.8. The van der Waals surface area contributed by atoms with E-state index in [0.29, 0.717) is 12.3 Å². The van der Waals surface area contributed by atoms with Gasteiger partial charge >= 0.3 is 0 Å². The van der Waals surface area contributed by atoms with Gasteiger partial charge in [0.05, 0.1) is 0 Å². The molecular formula is C17H21NO. The Morgan fingerprint density at radius 2 is 1.58 bits per heavy atom. The van der Waals surface area contributed by atoms with Crippen LogP contribution in [-0.2, 0) is 13.1 Å². The van der Waals surface area contributed by atoms with Gasteiger partial charge < -0.3 is 10.4 Å². The van der Waals surface area contributed by atoms with Gasteiger partial charge in [-0.2, -0.15) is 0 Å². The van der Waals surface area contributed by atoms with Gasteiger partial charge in [-0.15, -0.1) is 0 Å². The molecule has 2 heteroatoms. The molecule has 0 unspecified atom stereocenters. The Morgan fingerprint density at radius 1 is 0.947 bits per heavy atom. The highest BCUT2D eigenvalue weighted by atomic mass is 16.3. The number of rotatable bonds is 4. The van der Waals surface area contributed by atoms with Crippen LogP contribution in [0.15, 0.2) is 36.4 Å². The Bertz CT molecular complexity index is 552. The summed E-state index contributed by atoms with van der Waals surface area (Å²) in [5, 5.41) is 13.1. The standard InChI is InChI=1S/C17H21NO/c1-12-8-13(2)16(14(3)9-12)11-18-10-15-6-4-5-7-17(15)19/h4-9,18-19H,10-11H2,1-3H3. The molecule has 0 spiro atoms. The molecule has 0 saturated heterocycles. The monoisotopic (exact) mass is 255 g/mol. The second-order valence-corrected chi connectivity index (χ2v) is 5.11. The molecule has 0 amide bonds. The highest BCUT2D eigenvalue weighted by Crippen LogP contribution is 2.18. The summed E-state index contributed by atoms with van der Waals surface area (Å²) >= 11 is 0. The van der Waals surface area contributed by atoms with E-state index in [9.17, 15) is 5.11 Å². The lowest BCUT2D eigenvalue weighted by Crippen LogP contribution is -2.14. The van der Waals surface area contributed by atoms with Gasteiger partial charge in [0.1, 0.15) is 5.75 Å². The molecule has 0 atom stereocenters. The molecule has 2 rings (SSSR count). The van der Waals surface area contributed by atoms with Crippen molar-refractivity contribution >= 4 is 0 Å². The lowest BCUT2D eigenvalue weighted by atomic mass is 10.00. The Balaban J connectivity index is 2.02. The highest BCUT2D eigenvalue weighted by molar-refractivity contribution is 5.37. The Hall–Kier alpha value is -1.80. The first-order chi connectivity index (χ1) is 9.08. The van der Waals surface area contributed by atoms with Gasteiger partial charge in [0.2, 0.25) is 0 Å². The number of para-hydroxylation sites is 1. The molecule has 0 radical (unpaired) electrons. The first-order valence-electron chi connectivity index (χ1n) is 6.62. The minimum atomic E-state index is 0.354. The maximum Gasteiger partial charge on any atom is 0.120 e. The van der Waals surface area contributed by atoms with Crippen molar-refractivity contribution in [2.24, 2.45) is 0 Å². The second-order valence-electron chi connectivity index (χ2n) is 5.11. The van der Waals surface area contributed by atoms with Crippen molar-refractivity contribution < 1.29 is 5.11 Å². The van der Waals surface area contributed by atoms with Crippen molar-refractivity contribution in [1.29, 1.82) is 0 Å². The maximum atomic E-state index is 9.71. The van der Waals surface area contributed by atoms with Gasteiger partial charge in [0, 0.05) is 18.7 Å². The summed E-state index contributed by atoms with van der Waals surface area (Å²) in [6.07, 6.45) is 0. The van der Waals surface area contributed by atoms with Gasteiger partial charge in [-0.25, -0.2) is 0 Å². The predicted molar refractivity (Wildman–Crippen MR) is 79.3 cm³/mol. The molecule has 19 heavy (non-hydrogen) atoms. The number of phenolic OH excluding ortho intramolecular Hbond substituents is 1. The van der Waals surface area contributed by atoms with E-state index in [1.165, 1.54) is 22.3 Å². The Kier molecular flexibility index (Phi) is 4.23. The van der Waals surface area contributed by atoms with E-state index in [-0.39, 0.29) is 0 Å². The summed E-state index contributed by atoms with van der Waals surface area (Å²) in [7, 11) is 0. The van der Waals surface area contributed by atoms with E-state index in [2.05, 4.69) is 38.2 Å². The number of phenols is 1. The molecule has 0 heterocycles. The summed E-state index contributed by atoms with van der Waals surface area (Å²) in [5.41, 5.74) is 6.23. The van der Waals surface area contributed by atoms with E-state index >= 15 is 0 Å². The minimum absolute atomic E-state index is 0.354. The third-order valence-corrected chi connectivity index (χ3v) is 3.45. The number of aryl methyl sites for hydroxylation is 3. The summed E-state index contributed by atoms with van der Waals surface area (Å²) < 4.78 is 0. The third-order valence-electron chi connectivity index (χ3n) is 3.45. The molecule has 0 aliphatic heterocycles. The van der Waals surface area contributed by atoms with Gasteiger partial charge in [-0.3, -0.25) is 0 Å². The molecule has 0 bridgehead atoms. The molecule has 0 aliphatic carbocycles. The van der Waals surface area contributed by atoms with Crippen LogP contribution >= 0.6 is 0 Å². The number of nitrogens with one attached hydrogen (secondary N) is 1. The molecule has 100 valence electrons. The average molecular weight is 255 g/mol. The fourth-order valence-electron chi connectivity index (χ4n) is 2.47. The summed E-state index contributed by atoms with van der Waals surface area (Å²) in [6.45, 7) is 7.93. The normalized spacial score (nSPS) is 10.7. The first-order valence-corrected chi connectivity index (χ1v) is 6.62. The molecule has 0 saturated carbocycles. The lowest BCUT2D eigenvalue weighted by molar-refractivity contribution is 0.464. The smallest absolute Gasteiger partial charge is 0.120 e.